The molecule has 0 saturated heterocycles. The average molecular weight is 283 g/mol. The summed E-state index contributed by atoms with van der Waals surface area (Å²) in [4.78, 5) is 22.9. The Morgan fingerprint density at radius 3 is 1.76 bits per heavy atom. The molecule has 0 atom stereocenters. The number of carbonyl (C=O) groups excluding carboxylic acids is 2. The van der Waals surface area contributed by atoms with E-state index in [1.165, 1.54) is 6.92 Å². The molecule has 0 unspecified atom stereocenters. The zero-order chi connectivity index (χ0) is 15.3. The van der Waals surface area contributed by atoms with Crippen LogP contribution in [0.2, 0.25) is 0 Å². The molecule has 21 heavy (non-hydrogen) atoms. The Morgan fingerprint density at radius 1 is 0.952 bits per heavy atom. The van der Waals surface area contributed by atoms with Crippen LogP contribution in [0.3, 0.4) is 0 Å². The van der Waals surface area contributed by atoms with Gasteiger partial charge in [-0.3, -0.25) is 14.9 Å². The summed E-state index contributed by atoms with van der Waals surface area (Å²) in [6, 6.07) is 17.9. The third kappa shape index (κ3) is 3.55. The van der Waals surface area contributed by atoms with Crippen LogP contribution in [-0.4, -0.2) is 16.9 Å². The predicted octanol–water partition coefficient (Wildman–Crippen LogP) is 1.98. The van der Waals surface area contributed by atoms with Crippen LogP contribution < -0.4 is 5.32 Å². The van der Waals surface area contributed by atoms with Crippen molar-refractivity contribution in [1.29, 1.82) is 0 Å². The van der Waals surface area contributed by atoms with Crippen LogP contribution >= 0.6 is 0 Å². The average Bonchev–Trinajstić information content (AvgIpc) is 2.48. The zero-order valence-corrected chi connectivity index (χ0v) is 11.7. The van der Waals surface area contributed by atoms with E-state index < -0.39 is 17.4 Å². The highest BCUT2D eigenvalue weighted by Gasteiger charge is 2.34. The number of carbonyl (C=O) groups is 2. The van der Waals surface area contributed by atoms with Gasteiger partial charge < -0.3 is 5.11 Å². The van der Waals surface area contributed by atoms with Gasteiger partial charge in [-0.25, -0.2) is 0 Å². The van der Waals surface area contributed by atoms with E-state index in [-0.39, 0.29) is 6.42 Å². The normalized spacial score (nSPS) is 11.0. The summed E-state index contributed by atoms with van der Waals surface area (Å²) in [6.07, 6.45) is -0.222. The van der Waals surface area contributed by atoms with E-state index in [0.29, 0.717) is 11.1 Å². The molecule has 0 aliphatic rings. The Morgan fingerprint density at radius 2 is 1.38 bits per heavy atom. The van der Waals surface area contributed by atoms with Crippen LogP contribution in [-0.2, 0) is 15.2 Å². The van der Waals surface area contributed by atoms with Gasteiger partial charge in [-0.2, -0.15) is 0 Å². The first-order valence-electron chi connectivity index (χ1n) is 6.66. The Balaban J connectivity index is 2.40. The van der Waals surface area contributed by atoms with E-state index in [1.807, 2.05) is 12.1 Å². The summed E-state index contributed by atoms with van der Waals surface area (Å²) >= 11 is 0. The maximum absolute atomic E-state index is 11.9. The van der Waals surface area contributed by atoms with Crippen molar-refractivity contribution < 1.29 is 14.7 Å². The van der Waals surface area contributed by atoms with Crippen molar-refractivity contribution in [3.8, 4) is 0 Å². The second-order valence-electron chi connectivity index (χ2n) is 4.87. The highest BCUT2D eigenvalue weighted by Crippen LogP contribution is 2.32. The van der Waals surface area contributed by atoms with Crippen LogP contribution in [0.4, 0.5) is 0 Å². The molecular formula is C17H17NO3. The molecule has 0 bridgehead atoms. The summed E-state index contributed by atoms with van der Waals surface area (Å²) in [5.41, 5.74) is -0.257. The SMILES string of the molecule is CC(=O)NC(=O)CC(O)(c1ccccc1)c1ccccc1. The maximum Gasteiger partial charge on any atom is 0.230 e. The lowest BCUT2D eigenvalue weighted by Gasteiger charge is -2.28. The molecule has 2 aromatic carbocycles. The van der Waals surface area contributed by atoms with E-state index in [9.17, 15) is 14.7 Å². The van der Waals surface area contributed by atoms with Crippen molar-refractivity contribution in [2.75, 3.05) is 0 Å². The van der Waals surface area contributed by atoms with Crippen molar-refractivity contribution in [3.05, 3.63) is 71.8 Å². The van der Waals surface area contributed by atoms with Crippen molar-refractivity contribution in [1.82, 2.24) is 5.32 Å². The molecule has 0 fully saturated rings. The molecule has 0 aliphatic heterocycles. The number of imide groups is 1. The van der Waals surface area contributed by atoms with E-state index in [2.05, 4.69) is 5.32 Å². The highest BCUT2D eigenvalue weighted by molar-refractivity contribution is 5.94. The molecule has 0 aliphatic carbocycles. The Hall–Kier alpha value is -2.46. The molecule has 0 saturated carbocycles. The third-order valence-electron chi connectivity index (χ3n) is 3.23. The van der Waals surface area contributed by atoms with Crippen LogP contribution in [0.15, 0.2) is 60.7 Å². The molecule has 0 heterocycles. The largest absolute Gasteiger partial charge is 0.380 e. The molecular weight excluding hydrogens is 266 g/mol. The molecule has 4 heteroatoms. The molecule has 0 aromatic heterocycles. The molecule has 2 N–H and O–H groups in total. The van der Waals surface area contributed by atoms with Crippen molar-refractivity contribution >= 4 is 11.8 Å². The second-order valence-corrected chi connectivity index (χ2v) is 4.87. The number of aliphatic hydroxyl groups is 1. The van der Waals surface area contributed by atoms with Gasteiger partial charge in [0.05, 0.1) is 6.42 Å². The van der Waals surface area contributed by atoms with Gasteiger partial charge in [0, 0.05) is 6.92 Å². The topological polar surface area (TPSA) is 66.4 Å². The van der Waals surface area contributed by atoms with Gasteiger partial charge in [0.15, 0.2) is 0 Å². The number of benzene rings is 2. The number of nitrogens with one attached hydrogen (secondary N) is 1. The van der Waals surface area contributed by atoms with E-state index >= 15 is 0 Å². The first-order chi connectivity index (χ1) is 10.0. The molecule has 2 amide bonds. The quantitative estimate of drug-likeness (QED) is 0.901. The third-order valence-corrected chi connectivity index (χ3v) is 3.23. The van der Waals surface area contributed by atoms with Crippen molar-refractivity contribution in [2.24, 2.45) is 0 Å². The van der Waals surface area contributed by atoms with Crippen molar-refractivity contribution in [2.45, 2.75) is 18.9 Å². The van der Waals surface area contributed by atoms with Crippen LogP contribution in [0.5, 0.6) is 0 Å². The van der Waals surface area contributed by atoms with Gasteiger partial charge in [0.1, 0.15) is 5.60 Å². The number of hydrogen-bond acceptors (Lipinski definition) is 3. The molecule has 4 nitrogen and oxygen atoms in total. The second kappa shape index (κ2) is 6.33. The van der Waals surface area contributed by atoms with Crippen LogP contribution in [0.1, 0.15) is 24.5 Å². The van der Waals surface area contributed by atoms with Gasteiger partial charge in [0.25, 0.3) is 0 Å². The first kappa shape index (κ1) is 14.9. The van der Waals surface area contributed by atoms with E-state index in [0.717, 1.165) is 0 Å². The minimum absolute atomic E-state index is 0.222. The van der Waals surface area contributed by atoms with Crippen molar-refractivity contribution in [3.63, 3.8) is 0 Å². The zero-order valence-electron chi connectivity index (χ0n) is 11.7. The summed E-state index contributed by atoms with van der Waals surface area (Å²) in [5.74, 6) is -0.957. The lowest BCUT2D eigenvalue weighted by Crippen LogP contribution is -2.37. The standard InChI is InChI=1S/C17H17NO3/c1-13(19)18-16(20)12-17(21,14-8-4-2-5-9-14)15-10-6-3-7-11-15/h2-11,21H,12H2,1H3,(H,18,19,20). The number of amides is 2. The fraction of sp³-hybridized carbons (Fsp3) is 0.176. The van der Waals surface area contributed by atoms with Gasteiger partial charge in [-0.15, -0.1) is 0 Å². The Kier molecular flexibility index (Phi) is 4.50. The maximum atomic E-state index is 11.9. The van der Waals surface area contributed by atoms with Gasteiger partial charge in [-0.05, 0) is 11.1 Å². The summed E-state index contributed by atoms with van der Waals surface area (Å²) in [6.45, 7) is 1.27. The van der Waals surface area contributed by atoms with Gasteiger partial charge >= 0.3 is 0 Å². The highest BCUT2D eigenvalue weighted by atomic mass is 16.3. The van der Waals surface area contributed by atoms with Crippen LogP contribution in [0.25, 0.3) is 0 Å². The fourth-order valence-corrected chi connectivity index (χ4v) is 2.27. The number of hydrogen-bond donors (Lipinski definition) is 2. The molecule has 2 aromatic rings. The molecule has 0 radical (unpaired) electrons. The molecule has 0 spiro atoms. The minimum atomic E-state index is -1.47. The van der Waals surface area contributed by atoms with E-state index in [1.54, 1.807) is 48.5 Å². The fourth-order valence-electron chi connectivity index (χ4n) is 2.27. The summed E-state index contributed by atoms with van der Waals surface area (Å²) in [7, 11) is 0. The number of rotatable bonds is 4. The smallest absolute Gasteiger partial charge is 0.230 e. The van der Waals surface area contributed by atoms with Crippen LogP contribution in [0, 0.1) is 0 Å². The molecule has 2 rings (SSSR count). The predicted molar refractivity (Wildman–Crippen MR) is 79.3 cm³/mol. The Labute approximate surface area is 123 Å². The van der Waals surface area contributed by atoms with Gasteiger partial charge in [-0.1, -0.05) is 60.7 Å². The lowest BCUT2D eigenvalue weighted by molar-refractivity contribution is -0.131. The minimum Gasteiger partial charge on any atom is -0.380 e. The lowest BCUT2D eigenvalue weighted by atomic mass is 9.83. The molecule has 108 valence electrons. The van der Waals surface area contributed by atoms with Gasteiger partial charge in [0.2, 0.25) is 11.8 Å². The summed E-state index contributed by atoms with van der Waals surface area (Å²) < 4.78 is 0. The Bertz CT molecular complexity index is 583. The van der Waals surface area contributed by atoms with E-state index in [4.69, 9.17) is 0 Å². The first-order valence-corrected chi connectivity index (χ1v) is 6.66. The summed E-state index contributed by atoms with van der Waals surface area (Å²) in [5, 5.41) is 13.3. The monoisotopic (exact) mass is 283 g/mol.